The third-order valence-electron chi connectivity index (χ3n) is 19.6. The summed E-state index contributed by atoms with van der Waals surface area (Å²) >= 11 is 7.64. The molecule has 10 aromatic carbocycles. The summed E-state index contributed by atoms with van der Waals surface area (Å²) in [6, 6.07) is 67.7. The number of benzene rings is 10. The van der Waals surface area contributed by atoms with Crippen molar-refractivity contribution in [1.29, 1.82) is 0 Å². The quantitative estimate of drug-likeness (QED) is 0.00435. The number of fused-ring (bicyclic) bond motifs is 5. The minimum atomic E-state index is -2.37. The molecular formula is C92H86BrN20O15S6-. The average Bonchev–Trinajstić information content (AvgIpc) is 1.58. The fourth-order valence-corrected chi connectivity index (χ4v) is 19.0. The molecule has 688 valence electrons. The van der Waals surface area contributed by atoms with E-state index in [1.54, 1.807) is 61.8 Å². The van der Waals surface area contributed by atoms with Crippen LogP contribution in [0.5, 0.6) is 17.2 Å². The van der Waals surface area contributed by atoms with E-state index in [2.05, 4.69) is 82.1 Å². The minimum absolute atomic E-state index is 0.0735. The maximum Gasteiger partial charge on any atom is 0.343 e. The number of nitrogens with one attached hydrogen (secondary N) is 6. The van der Waals surface area contributed by atoms with E-state index in [9.17, 15) is 58.3 Å². The molecule has 14 N–H and O–H groups in total. The fourth-order valence-electron chi connectivity index (χ4n) is 13.1. The Kier molecular flexibility index (Phi) is 35.5. The molecule has 3 aromatic heterocycles. The van der Waals surface area contributed by atoms with E-state index < -0.39 is 21.4 Å². The highest BCUT2D eigenvalue weighted by atomic mass is 79.9. The number of amides is 4. The number of aliphatic imine (C=N–C) groups is 1. The second-order valence-electron chi connectivity index (χ2n) is 28.8. The molecule has 4 unspecified atom stereocenters. The number of Topliss-reactive ketones (excluding diaryl/α,β-unsaturated/α-hetero) is 1. The third-order valence-corrected chi connectivity index (χ3v) is 26.5. The second kappa shape index (κ2) is 48.2. The van der Waals surface area contributed by atoms with Gasteiger partial charge < -0.3 is 73.0 Å². The Morgan fingerprint density at radius 3 is 1.99 bits per heavy atom. The normalized spacial score (nSPS) is 13.1. The van der Waals surface area contributed by atoms with Gasteiger partial charge in [0.1, 0.15) is 27.8 Å². The Labute approximate surface area is 800 Å². The lowest BCUT2D eigenvalue weighted by molar-refractivity contribution is -0.479. The highest BCUT2D eigenvalue weighted by Crippen LogP contribution is 2.46. The zero-order valence-corrected chi connectivity index (χ0v) is 78.3. The highest BCUT2D eigenvalue weighted by Gasteiger charge is 2.31. The van der Waals surface area contributed by atoms with Gasteiger partial charge in [-0.1, -0.05) is 149 Å². The molecule has 4 aliphatic rings. The number of ketones is 1. The van der Waals surface area contributed by atoms with Crippen LogP contribution in [-0.2, 0) is 33.7 Å². The summed E-state index contributed by atoms with van der Waals surface area (Å²) < 4.78 is 40.3. The molecule has 134 heavy (non-hydrogen) atoms. The number of para-hydroxylation sites is 3. The number of anilines is 10. The average molecular weight is 1980 g/mol. The van der Waals surface area contributed by atoms with Crippen molar-refractivity contribution in [3.05, 3.63) is 316 Å². The van der Waals surface area contributed by atoms with Gasteiger partial charge in [-0.05, 0) is 182 Å². The molecule has 35 nitrogen and oxygen atoms in total. The molecule has 0 fully saturated rings. The third kappa shape index (κ3) is 28.1. The Balaban J connectivity index is 0.000000145. The van der Waals surface area contributed by atoms with Gasteiger partial charge in [0, 0.05) is 111 Å². The maximum absolute atomic E-state index is 12.3. The van der Waals surface area contributed by atoms with Crippen LogP contribution in [0.1, 0.15) is 73.4 Å². The predicted octanol–water partition coefficient (Wildman–Crippen LogP) is 18.9. The van der Waals surface area contributed by atoms with E-state index in [0.29, 0.717) is 80.7 Å². The van der Waals surface area contributed by atoms with Crippen LogP contribution in [-0.4, -0.2) is 128 Å². The minimum Gasteiger partial charge on any atom is -0.755 e. The monoisotopic (exact) mass is 1980 g/mol. The van der Waals surface area contributed by atoms with Crippen LogP contribution in [0.3, 0.4) is 0 Å². The van der Waals surface area contributed by atoms with Gasteiger partial charge in [-0.25, -0.2) is 34.7 Å². The number of carbonyl (C=O) groups excluding carboxylic acids is 4. The Hall–Kier alpha value is -14.3. The molecular weight excluding hydrogens is 1900 g/mol. The summed E-state index contributed by atoms with van der Waals surface area (Å²) in [6.45, 7) is 6.31. The molecule has 6 heterocycles. The number of nitrogens with zero attached hydrogens (tertiary/aromatic N) is 10. The number of thioether (sulfide) groups is 4. The van der Waals surface area contributed by atoms with Crippen LogP contribution in [0, 0.1) is 44.2 Å². The standard InChI is InChI=1S/C18H18N2O2S.C17H15N3O3S.C16H18N2O3S.C15H12BrN3OS.C15H14N2O4S.C11H10N8O2S/c1-11-6-5-8-13(12(11)2)19-17(21)10-16-18(22)20-14-7-3-4-9-15(14)23-16;21-17(18-13-8-10-14(11-9-13)20-24(22)23)19-16-7-3-5-12-4-1-2-6-15(12)16;1-2-21-13-9-7-12(8-10-13)16(11-18(19)20)22-15-6-4-3-5-14(15)17;16-10-6-4-9(5-7-10)13(20)8-21-14-11-2-1-3-12(11)18-15(17)19-14;16-11-3-1-2-4-14(11)22-15(8-17(18)19)10-5-6-12-13(7-10)21-9-20-12;1-13-8-7(19(20)21)10(16-4-15-8)22-9-6-5(2-3-14-6)17-11(12)18-9/h3-9,16H,10H2,1-2H3,(H,19,21)(H,20,22);1-11,20H,(H,22,23)(H2,18,19,21);3-10,16H,2,11,17H2,1H3;1,3-7H,2,8H2,(H2,17,18,19);1-7,15H,8-9,16H2;3-4H,2H2,1H3,(H2,12,17,18)(H,13,15,16)/p-1. The number of aromatic nitrogens is 6. The summed E-state index contributed by atoms with van der Waals surface area (Å²) in [5.74, 6) is 2.65. The first-order valence-corrected chi connectivity index (χ1v) is 47.0. The Bertz CT molecular complexity index is 6540. The van der Waals surface area contributed by atoms with Crippen molar-refractivity contribution >= 4 is 202 Å². The highest BCUT2D eigenvalue weighted by molar-refractivity contribution is 9.10. The number of carbonyl (C=O) groups is 4. The van der Waals surface area contributed by atoms with Crippen molar-refractivity contribution in [2.45, 2.75) is 85.5 Å². The predicted molar refractivity (Wildman–Crippen MR) is 531 cm³/mol. The first kappa shape index (κ1) is 98.8. The van der Waals surface area contributed by atoms with Crippen LogP contribution in [0.4, 0.5) is 73.7 Å². The number of allylic oxidation sites excluding steroid dienone is 1. The molecule has 42 heteroatoms. The van der Waals surface area contributed by atoms with Gasteiger partial charge in [0.25, 0.3) is 0 Å². The number of halogens is 1. The van der Waals surface area contributed by atoms with Gasteiger partial charge in [-0.2, -0.15) is 0 Å². The number of nitro groups is 3. The van der Waals surface area contributed by atoms with E-state index in [1.165, 1.54) is 53.4 Å². The fraction of sp³-hybridized carbons (Fsp3) is 0.163. The van der Waals surface area contributed by atoms with Gasteiger partial charge in [0.15, 0.2) is 22.3 Å². The lowest BCUT2D eigenvalue weighted by Gasteiger charge is -2.23. The molecule has 0 spiro atoms. The van der Waals surface area contributed by atoms with Gasteiger partial charge in [-0.3, -0.25) is 53.9 Å². The zero-order chi connectivity index (χ0) is 95.3. The number of aryl methyl sites for hydroxylation is 1. The van der Waals surface area contributed by atoms with Crippen molar-refractivity contribution < 1.29 is 56.9 Å². The summed E-state index contributed by atoms with van der Waals surface area (Å²) in [5, 5.41) is 49.5. The lowest BCUT2D eigenvalue weighted by Crippen LogP contribution is -2.32. The first-order chi connectivity index (χ1) is 64.6. The van der Waals surface area contributed by atoms with Crippen molar-refractivity contribution in [2.75, 3.05) is 93.5 Å². The number of urea groups is 1. The van der Waals surface area contributed by atoms with Crippen molar-refractivity contribution in [1.82, 2.24) is 29.9 Å². The zero-order valence-electron chi connectivity index (χ0n) is 71.8. The van der Waals surface area contributed by atoms with E-state index in [0.717, 1.165) is 104 Å². The molecule has 4 amide bonds. The van der Waals surface area contributed by atoms with Gasteiger partial charge in [0.05, 0.1) is 55.8 Å². The van der Waals surface area contributed by atoms with Gasteiger partial charge in [-0.15, -0.1) is 35.3 Å². The van der Waals surface area contributed by atoms with E-state index in [1.807, 2.05) is 209 Å². The molecule has 4 atom stereocenters. The Morgan fingerprint density at radius 1 is 0.672 bits per heavy atom. The van der Waals surface area contributed by atoms with Crippen molar-refractivity contribution in [2.24, 2.45) is 4.99 Å². The number of hydrogen-bond acceptors (Lipinski definition) is 32. The summed E-state index contributed by atoms with van der Waals surface area (Å²) in [5.41, 5.74) is 35.3. The topological polar surface area (TPSA) is 531 Å². The second-order valence-corrected chi connectivity index (χ2v) is 36.1. The molecule has 3 aliphatic heterocycles. The van der Waals surface area contributed by atoms with E-state index in [4.69, 9.17) is 37.1 Å². The van der Waals surface area contributed by atoms with Crippen LogP contribution >= 0.6 is 74.7 Å². The smallest absolute Gasteiger partial charge is 0.343 e. The number of ether oxygens (including phenoxy) is 3. The lowest BCUT2D eigenvalue weighted by atomic mass is 10.1. The largest absolute Gasteiger partial charge is 0.755 e. The summed E-state index contributed by atoms with van der Waals surface area (Å²) in [4.78, 5) is 112. The van der Waals surface area contributed by atoms with Crippen LogP contribution in [0.25, 0.3) is 16.8 Å². The Morgan fingerprint density at radius 2 is 1.30 bits per heavy atom. The molecule has 0 saturated heterocycles. The SMILES string of the molecule is CCOc1ccc(C(C[N+](=O)[O-])Sc2ccccc2N)cc1.CNc1ncnc(Sc2nc(N)nc3c2N=CC3)c1[N+](=O)[O-].Cc1cccc(NC(=O)CC2Sc3ccccc3NC2=O)c1C.Nc1ccccc1SC(C[N+](=O)[O-])c1ccc2c(c1)OCO2.Nc1nc2c(c(SCC(=O)c3ccc(Br)cc3)n1)CC=C2.O=C(Nc1ccc(NS(=O)[O-])cc1)Nc1cccc2ccccc12. The number of nitrogens with two attached hydrogens (primary N) is 4. The molecule has 0 bridgehead atoms. The number of rotatable bonds is 27. The summed E-state index contributed by atoms with van der Waals surface area (Å²) in [6.07, 6.45) is 8.41. The molecule has 13 aromatic rings. The first-order valence-electron chi connectivity index (χ1n) is 40.7. The molecule has 1 aliphatic carbocycles. The molecule has 17 rings (SSSR count). The van der Waals surface area contributed by atoms with E-state index in [-0.39, 0.29) is 98.7 Å². The van der Waals surface area contributed by atoms with Crippen LogP contribution in [0.2, 0.25) is 0 Å². The van der Waals surface area contributed by atoms with E-state index >= 15 is 0 Å². The summed E-state index contributed by atoms with van der Waals surface area (Å²) in [7, 11) is 1.55. The molecule has 0 saturated carbocycles. The van der Waals surface area contributed by atoms with Crippen molar-refractivity contribution in [3.63, 3.8) is 0 Å². The van der Waals surface area contributed by atoms with Crippen molar-refractivity contribution in [3.8, 4) is 17.2 Å². The number of nitrogen functional groups attached to an aromatic ring is 4. The van der Waals surface area contributed by atoms with Gasteiger partial charge >= 0.3 is 11.7 Å². The number of hydrogen-bond donors (Lipinski definition) is 10. The van der Waals surface area contributed by atoms with Crippen LogP contribution < -0.4 is 68.5 Å². The maximum atomic E-state index is 12.3. The van der Waals surface area contributed by atoms with Gasteiger partial charge in [0.2, 0.25) is 49.4 Å². The molecule has 0 radical (unpaired) electrons. The van der Waals surface area contributed by atoms with Crippen LogP contribution in [0.15, 0.2) is 276 Å².